The molecule has 4 rings (SSSR count). The van der Waals surface area contributed by atoms with E-state index in [2.05, 4.69) is 30.2 Å². The lowest BCUT2D eigenvalue weighted by Crippen LogP contribution is -2.10. The maximum Gasteiger partial charge on any atom is 0.293 e. The Balaban J connectivity index is 1.50. The first kappa shape index (κ1) is 17.2. The van der Waals surface area contributed by atoms with Crippen molar-refractivity contribution >= 4 is 22.4 Å². The van der Waals surface area contributed by atoms with Gasteiger partial charge in [-0.15, -0.1) is 11.3 Å². The van der Waals surface area contributed by atoms with Crippen LogP contribution in [0.2, 0.25) is 0 Å². The lowest BCUT2D eigenvalue weighted by Gasteiger charge is -2.03. The molecule has 134 valence electrons. The Morgan fingerprint density at radius 1 is 0.963 bits per heavy atom. The SMILES string of the molecule is Cc1ccc(-c2ccc(C(=O)Nc3nc(-c4ccccc4)cs3)o2)cc1C. The van der Waals surface area contributed by atoms with Gasteiger partial charge in [-0.3, -0.25) is 10.1 Å². The number of carbonyl (C=O) groups excluding carboxylic acids is 1. The number of hydrogen-bond acceptors (Lipinski definition) is 4. The molecule has 4 aromatic rings. The van der Waals surface area contributed by atoms with Crippen LogP contribution in [0, 0.1) is 13.8 Å². The van der Waals surface area contributed by atoms with Crippen LogP contribution in [0.25, 0.3) is 22.6 Å². The van der Waals surface area contributed by atoms with Crippen LogP contribution in [0.5, 0.6) is 0 Å². The number of aryl methyl sites for hydroxylation is 2. The highest BCUT2D eigenvalue weighted by Gasteiger charge is 2.15. The van der Waals surface area contributed by atoms with Crippen molar-refractivity contribution in [3.63, 3.8) is 0 Å². The fraction of sp³-hybridized carbons (Fsp3) is 0.0909. The molecule has 0 fully saturated rings. The van der Waals surface area contributed by atoms with Crippen LogP contribution < -0.4 is 5.32 Å². The van der Waals surface area contributed by atoms with Gasteiger partial charge in [0.2, 0.25) is 0 Å². The molecule has 4 nitrogen and oxygen atoms in total. The van der Waals surface area contributed by atoms with Gasteiger partial charge in [0.25, 0.3) is 5.91 Å². The van der Waals surface area contributed by atoms with Crippen LogP contribution in [0.1, 0.15) is 21.7 Å². The van der Waals surface area contributed by atoms with E-state index < -0.39 is 0 Å². The van der Waals surface area contributed by atoms with Gasteiger partial charge in [-0.1, -0.05) is 42.5 Å². The van der Waals surface area contributed by atoms with Gasteiger partial charge in [-0.2, -0.15) is 0 Å². The van der Waals surface area contributed by atoms with Crippen molar-refractivity contribution in [1.29, 1.82) is 0 Å². The molecule has 0 atom stereocenters. The molecule has 0 saturated heterocycles. The van der Waals surface area contributed by atoms with E-state index in [1.54, 1.807) is 6.07 Å². The van der Waals surface area contributed by atoms with E-state index in [1.807, 2.05) is 53.9 Å². The molecule has 0 radical (unpaired) electrons. The van der Waals surface area contributed by atoms with Gasteiger partial charge in [0.1, 0.15) is 5.76 Å². The zero-order valence-corrected chi connectivity index (χ0v) is 15.8. The molecule has 0 aliphatic rings. The summed E-state index contributed by atoms with van der Waals surface area (Å²) in [6, 6.07) is 19.5. The van der Waals surface area contributed by atoms with E-state index in [1.165, 1.54) is 22.5 Å². The minimum atomic E-state index is -0.306. The van der Waals surface area contributed by atoms with Crippen LogP contribution in [-0.2, 0) is 0 Å². The molecule has 5 heteroatoms. The summed E-state index contributed by atoms with van der Waals surface area (Å²) < 4.78 is 5.75. The Bertz CT molecular complexity index is 1100. The molecular formula is C22H18N2O2S. The van der Waals surface area contributed by atoms with Gasteiger partial charge >= 0.3 is 0 Å². The minimum absolute atomic E-state index is 0.264. The third kappa shape index (κ3) is 3.68. The first-order chi connectivity index (χ1) is 13.1. The predicted molar refractivity (Wildman–Crippen MR) is 109 cm³/mol. The molecule has 2 heterocycles. The Labute approximate surface area is 161 Å². The summed E-state index contributed by atoms with van der Waals surface area (Å²) in [7, 11) is 0. The Morgan fingerprint density at radius 3 is 2.56 bits per heavy atom. The van der Waals surface area contributed by atoms with Gasteiger partial charge < -0.3 is 4.42 Å². The molecule has 1 N–H and O–H groups in total. The molecule has 0 unspecified atom stereocenters. The van der Waals surface area contributed by atoms with E-state index in [0.717, 1.165) is 16.8 Å². The smallest absolute Gasteiger partial charge is 0.293 e. The number of thiazole rings is 1. The number of nitrogens with one attached hydrogen (secondary N) is 1. The maximum absolute atomic E-state index is 12.5. The lowest BCUT2D eigenvalue weighted by molar-refractivity contribution is 0.0997. The molecule has 2 aromatic heterocycles. The average molecular weight is 374 g/mol. The lowest BCUT2D eigenvalue weighted by atomic mass is 10.1. The van der Waals surface area contributed by atoms with Crippen LogP contribution >= 0.6 is 11.3 Å². The number of anilines is 1. The summed E-state index contributed by atoms with van der Waals surface area (Å²) in [5, 5.41) is 5.28. The van der Waals surface area contributed by atoms with E-state index in [0.29, 0.717) is 10.9 Å². The average Bonchev–Trinajstić information content (AvgIpc) is 3.34. The summed E-state index contributed by atoms with van der Waals surface area (Å²) >= 11 is 1.39. The second-order valence-corrected chi connectivity index (χ2v) is 7.18. The van der Waals surface area contributed by atoms with Crippen LogP contribution in [-0.4, -0.2) is 10.9 Å². The van der Waals surface area contributed by atoms with Crippen molar-refractivity contribution < 1.29 is 9.21 Å². The summed E-state index contributed by atoms with van der Waals surface area (Å²) in [5.41, 5.74) is 5.22. The zero-order valence-electron chi connectivity index (χ0n) is 15.0. The molecule has 1 amide bonds. The third-order valence-electron chi connectivity index (χ3n) is 4.42. The summed E-state index contributed by atoms with van der Waals surface area (Å²) in [4.78, 5) is 17.0. The number of hydrogen-bond donors (Lipinski definition) is 1. The van der Waals surface area contributed by atoms with Gasteiger partial charge in [-0.05, 0) is 43.2 Å². The number of benzene rings is 2. The maximum atomic E-state index is 12.5. The number of furan rings is 1. The molecule has 2 aromatic carbocycles. The quantitative estimate of drug-likeness (QED) is 0.481. The number of nitrogens with zero attached hydrogens (tertiary/aromatic N) is 1. The second kappa shape index (κ2) is 7.21. The van der Waals surface area contributed by atoms with Crippen molar-refractivity contribution in [1.82, 2.24) is 4.98 Å². The summed E-state index contributed by atoms with van der Waals surface area (Å²) in [6.45, 7) is 4.13. The third-order valence-corrected chi connectivity index (χ3v) is 5.17. The summed E-state index contributed by atoms with van der Waals surface area (Å²) in [5.74, 6) is 0.631. The first-order valence-electron chi connectivity index (χ1n) is 8.60. The monoisotopic (exact) mass is 374 g/mol. The highest BCUT2D eigenvalue weighted by atomic mass is 32.1. The molecule has 0 aliphatic heterocycles. The molecule has 0 bridgehead atoms. The van der Waals surface area contributed by atoms with E-state index >= 15 is 0 Å². The standard InChI is InChI=1S/C22H18N2O2S/c1-14-8-9-17(12-15(14)2)19-10-11-20(26-19)21(25)24-22-23-18(13-27-22)16-6-4-3-5-7-16/h3-13H,1-2H3,(H,23,24,25). The van der Waals surface area contributed by atoms with Crippen LogP contribution in [0.3, 0.4) is 0 Å². The van der Waals surface area contributed by atoms with Crippen molar-refractivity contribution in [3.8, 4) is 22.6 Å². The highest BCUT2D eigenvalue weighted by molar-refractivity contribution is 7.14. The number of amides is 1. The molecule has 0 aliphatic carbocycles. The fourth-order valence-electron chi connectivity index (χ4n) is 2.74. The Hall–Kier alpha value is -3.18. The van der Waals surface area contributed by atoms with E-state index in [4.69, 9.17) is 4.42 Å². The molecule has 0 saturated carbocycles. The number of aromatic nitrogens is 1. The Morgan fingerprint density at radius 2 is 1.78 bits per heavy atom. The van der Waals surface area contributed by atoms with Gasteiger partial charge in [-0.25, -0.2) is 4.98 Å². The zero-order chi connectivity index (χ0) is 18.8. The minimum Gasteiger partial charge on any atom is -0.451 e. The van der Waals surface area contributed by atoms with Gasteiger partial charge in [0.15, 0.2) is 10.9 Å². The molecule has 0 spiro atoms. The Kier molecular flexibility index (Phi) is 4.60. The van der Waals surface area contributed by atoms with Crippen molar-refractivity contribution in [2.24, 2.45) is 0 Å². The second-order valence-electron chi connectivity index (χ2n) is 6.32. The van der Waals surface area contributed by atoms with Crippen molar-refractivity contribution in [2.45, 2.75) is 13.8 Å². The molecule has 27 heavy (non-hydrogen) atoms. The van der Waals surface area contributed by atoms with Crippen LogP contribution in [0.15, 0.2) is 70.5 Å². The van der Waals surface area contributed by atoms with Gasteiger partial charge in [0.05, 0.1) is 5.69 Å². The largest absolute Gasteiger partial charge is 0.451 e. The highest BCUT2D eigenvalue weighted by Crippen LogP contribution is 2.27. The number of rotatable bonds is 4. The normalized spacial score (nSPS) is 10.7. The van der Waals surface area contributed by atoms with E-state index in [9.17, 15) is 4.79 Å². The van der Waals surface area contributed by atoms with Crippen molar-refractivity contribution in [2.75, 3.05) is 5.32 Å². The van der Waals surface area contributed by atoms with Crippen LogP contribution in [0.4, 0.5) is 5.13 Å². The van der Waals surface area contributed by atoms with Gasteiger partial charge in [0, 0.05) is 16.5 Å². The molecular weight excluding hydrogens is 356 g/mol. The topological polar surface area (TPSA) is 55.1 Å². The predicted octanol–water partition coefficient (Wildman–Crippen LogP) is 5.94. The van der Waals surface area contributed by atoms with Crippen molar-refractivity contribution in [3.05, 3.63) is 82.9 Å². The van der Waals surface area contributed by atoms with E-state index in [-0.39, 0.29) is 11.7 Å². The first-order valence-corrected chi connectivity index (χ1v) is 9.48. The number of carbonyl (C=O) groups is 1. The fourth-order valence-corrected chi connectivity index (χ4v) is 3.46. The summed E-state index contributed by atoms with van der Waals surface area (Å²) in [6.07, 6.45) is 0.